The molecule has 0 aliphatic rings. The van der Waals surface area contributed by atoms with Gasteiger partial charge in [0.1, 0.15) is 23.8 Å². The van der Waals surface area contributed by atoms with Gasteiger partial charge in [0.05, 0.1) is 23.4 Å². The minimum absolute atomic E-state index is 0.163. The minimum Gasteiger partial charge on any atom is -0.495 e. The van der Waals surface area contributed by atoms with Gasteiger partial charge in [-0.2, -0.15) is 0 Å². The van der Waals surface area contributed by atoms with Gasteiger partial charge >= 0.3 is 5.97 Å². The van der Waals surface area contributed by atoms with Gasteiger partial charge in [-0.3, -0.25) is 9.59 Å². The highest BCUT2D eigenvalue weighted by Gasteiger charge is 2.20. The van der Waals surface area contributed by atoms with Gasteiger partial charge in [0.15, 0.2) is 0 Å². The van der Waals surface area contributed by atoms with Crippen molar-refractivity contribution in [2.75, 3.05) is 13.7 Å². The number of carbonyl (C=O) groups excluding carboxylic acids is 2. The van der Waals surface area contributed by atoms with Gasteiger partial charge in [-0.25, -0.2) is 4.39 Å². The largest absolute Gasteiger partial charge is 0.495 e. The van der Waals surface area contributed by atoms with Crippen molar-refractivity contribution in [1.82, 2.24) is 0 Å². The van der Waals surface area contributed by atoms with Crippen LogP contribution in [0.4, 0.5) is 4.39 Å². The molecule has 0 fully saturated rings. The van der Waals surface area contributed by atoms with Crippen molar-refractivity contribution in [2.45, 2.75) is 45.6 Å². The van der Waals surface area contributed by atoms with E-state index >= 15 is 0 Å². The first-order chi connectivity index (χ1) is 15.2. The average molecular weight is 554 g/mol. The molecule has 1 unspecified atom stereocenters. The third-order valence-electron chi connectivity index (χ3n) is 4.83. The smallest absolute Gasteiger partial charge is 0.313 e. The fourth-order valence-electron chi connectivity index (χ4n) is 3.38. The van der Waals surface area contributed by atoms with E-state index in [0.717, 1.165) is 25.8 Å². The molecule has 0 aromatic heterocycles. The van der Waals surface area contributed by atoms with Crippen molar-refractivity contribution in [2.24, 2.45) is 0 Å². The Balaban J connectivity index is 2.45. The Labute approximate surface area is 201 Å². The second-order valence-corrected chi connectivity index (χ2v) is 8.74. The number of methoxy groups -OCH3 is 1. The molecular formula is C25H28FIO5. The highest BCUT2D eigenvalue weighted by Crippen LogP contribution is 2.42. The second kappa shape index (κ2) is 12.1. The number of hydrogen-bond acceptors (Lipinski definition) is 5. The van der Waals surface area contributed by atoms with Gasteiger partial charge in [0.2, 0.25) is 0 Å². The summed E-state index contributed by atoms with van der Waals surface area (Å²) in [5, 5.41) is 10.4. The third kappa shape index (κ3) is 6.87. The lowest BCUT2D eigenvalue weighted by Gasteiger charge is -2.20. The van der Waals surface area contributed by atoms with E-state index in [2.05, 4.69) is 36.4 Å². The lowest BCUT2D eigenvalue weighted by Crippen LogP contribution is -2.16. The number of aliphatic hydroxyl groups is 1. The number of hydrogen-bond donors (Lipinski definition) is 1. The van der Waals surface area contributed by atoms with Crippen molar-refractivity contribution in [3.8, 4) is 16.9 Å². The molecule has 0 saturated carbocycles. The molecule has 0 radical (unpaired) electrons. The van der Waals surface area contributed by atoms with E-state index in [1.807, 2.05) is 6.07 Å². The first-order valence-corrected chi connectivity index (χ1v) is 11.5. The Hall–Kier alpha value is -2.26. The van der Waals surface area contributed by atoms with Crippen LogP contribution in [0.15, 0.2) is 36.4 Å². The number of esters is 1. The first-order valence-electron chi connectivity index (χ1n) is 10.4. The normalized spacial score (nSPS) is 12.2. The molecule has 2 aromatic rings. The molecule has 0 bridgehead atoms. The summed E-state index contributed by atoms with van der Waals surface area (Å²) in [5.41, 5.74) is 3.40. The van der Waals surface area contributed by atoms with Crippen LogP contribution in [0.1, 0.15) is 50.7 Å². The van der Waals surface area contributed by atoms with E-state index in [1.54, 1.807) is 32.2 Å². The standard InChI is InChI=1S/C25H28FIO5/c1-5-32-23(30)13-19(29)12-18(28)10-11-20-21(15(2)3)14-22(27)25(31-4)24(20)16-6-8-17(26)9-7-16/h6-11,14-15,18,28H,5,12-13H2,1-4H3. The molecule has 0 spiro atoms. The maximum absolute atomic E-state index is 13.5. The van der Waals surface area contributed by atoms with E-state index in [1.165, 1.54) is 18.2 Å². The van der Waals surface area contributed by atoms with Crippen LogP contribution in [0.3, 0.4) is 0 Å². The fourth-order valence-corrected chi connectivity index (χ4v) is 4.20. The van der Waals surface area contributed by atoms with Gasteiger partial charge in [-0.1, -0.05) is 38.1 Å². The SMILES string of the molecule is CCOC(=O)CC(=O)CC(O)C=Cc1c(C(C)C)cc(I)c(OC)c1-c1ccc(F)cc1. The number of halogens is 2. The second-order valence-electron chi connectivity index (χ2n) is 7.58. The summed E-state index contributed by atoms with van der Waals surface area (Å²) in [5.74, 6) is -0.527. The summed E-state index contributed by atoms with van der Waals surface area (Å²) in [7, 11) is 1.58. The van der Waals surface area contributed by atoms with Gasteiger partial charge in [-0.15, -0.1) is 0 Å². The summed E-state index contributed by atoms with van der Waals surface area (Å²) in [6.07, 6.45) is 1.66. The molecule has 0 aliphatic heterocycles. The Bertz CT molecular complexity index is 983. The van der Waals surface area contributed by atoms with E-state index in [0.29, 0.717) is 5.75 Å². The quantitative estimate of drug-likeness (QED) is 0.238. The maximum Gasteiger partial charge on any atom is 0.313 e. The minimum atomic E-state index is -1.07. The highest BCUT2D eigenvalue weighted by atomic mass is 127. The zero-order chi connectivity index (χ0) is 23.8. The Morgan fingerprint density at radius 3 is 2.44 bits per heavy atom. The molecule has 0 amide bonds. The van der Waals surface area contributed by atoms with Crippen LogP contribution >= 0.6 is 22.6 Å². The van der Waals surface area contributed by atoms with E-state index < -0.39 is 17.9 Å². The molecule has 7 heteroatoms. The lowest BCUT2D eigenvalue weighted by molar-refractivity contribution is -0.145. The van der Waals surface area contributed by atoms with Crippen LogP contribution in [0.5, 0.6) is 5.75 Å². The molecule has 2 aromatic carbocycles. The lowest BCUT2D eigenvalue weighted by atomic mass is 9.88. The third-order valence-corrected chi connectivity index (χ3v) is 5.64. The summed E-state index contributed by atoms with van der Waals surface area (Å²) < 4.78 is 24.9. The zero-order valence-corrected chi connectivity index (χ0v) is 20.8. The van der Waals surface area contributed by atoms with Crippen molar-refractivity contribution < 1.29 is 28.6 Å². The molecule has 1 atom stereocenters. The molecule has 172 valence electrons. The van der Waals surface area contributed by atoms with Crippen molar-refractivity contribution in [3.05, 3.63) is 56.9 Å². The number of aliphatic hydroxyl groups excluding tert-OH is 1. The Kier molecular flexibility index (Phi) is 9.84. The van der Waals surface area contributed by atoms with Gasteiger partial charge < -0.3 is 14.6 Å². The highest BCUT2D eigenvalue weighted by molar-refractivity contribution is 14.1. The number of ether oxygens (including phenoxy) is 2. The van der Waals surface area contributed by atoms with Crippen molar-refractivity contribution >= 4 is 40.4 Å². The average Bonchev–Trinajstić information content (AvgIpc) is 2.72. The number of benzene rings is 2. The summed E-state index contributed by atoms with van der Waals surface area (Å²) in [4.78, 5) is 23.5. The van der Waals surface area contributed by atoms with E-state index in [9.17, 15) is 19.1 Å². The number of Topliss-reactive ketones (excluding diaryl/α,β-unsaturated/α-hetero) is 1. The first kappa shape index (κ1) is 26.0. The molecule has 0 heterocycles. The zero-order valence-electron chi connectivity index (χ0n) is 18.7. The summed E-state index contributed by atoms with van der Waals surface area (Å²) in [6, 6.07) is 8.17. The van der Waals surface area contributed by atoms with Crippen molar-refractivity contribution in [3.63, 3.8) is 0 Å². The molecular weight excluding hydrogens is 526 g/mol. The van der Waals surface area contributed by atoms with E-state index in [-0.39, 0.29) is 31.2 Å². The van der Waals surface area contributed by atoms with Gasteiger partial charge in [-0.05, 0) is 70.3 Å². The van der Waals surface area contributed by atoms with Gasteiger partial charge in [0.25, 0.3) is 0 Å². The van der Waals surface area contributed by atoms with Crippen LogP contribution in [0, 0.1) is 9.39 Å². The topological polar surface area (TPSA) is 72.8 Å². The number of carbonyl (C=O) groups is 2. The molecule has 0 saturated heterocycles. The van der Waals surface area contributed by atoms with E-state index in [4.69, 9.17) is 9.47 Å². The monoisotopic (exact) mass is 554 g/mol. The Morgan fingerprint density at radius 2 is 1.88 bits per heavy atom. The molecule has 1 N–H and O–H groups in total. The number of ketones is 1. The van der Waals surface area contributed by atoms with Crippen molar-refractivity contribution in [1.29, 1.82) is 0 Å². The number of rotatable bonds is 10. The van der Waals surface area contributed by atoms with Gasteiger partial charge in [0, 0.05) is 12.0 Å². The molecule has 2 rings (SSSR count). The molecule has 32 heavy (non-hydrogen) atoms. The summed E-state index contributed by atoms with van der Waals surface area (Å²) >= 11 is 2.21. The maximum atomic E-state index is 13.5. The van der Waals surface area contributed by atoms with Crippen LogP contribution < -0.4 is 4.74 Å². The molecule has 5 nitrogen and oxygen atoms in total. The Morgan fingerprint density at radius 1 is 1.22 bits per heavy atom. The van der Waals surface area contributed by atoms with Crippen LogP contribution in [0.2, 0.25) is 0 Å². The summed E-state index contributed by atoms with van der Waals surface area (Å²) in [6.45, 7) is 5.99. The van der Waals surface area contributed by atoms with Crippen LogP contribution in [0.25, 0.3) is 17.2 Å². The van der Waals surface area contributed by atoms with Crippen LogP contribution in [-0.4, -0.2) is 36.7 Å². The molecule has 0 aliphatic carbocycles. The predicted molar refractivity (Wildman–Crippen MR) is 131 cm³/mol. The predicted octanol–water partition coefficient (Wildman–Crippen LogP) is 5.52. The van der Waals surface area contributed by atoms with Crippen LogP contribution in [-0.2, 0) is 14.3 Å². The fraction of sp³-hybridized carbons (Fsp3) is 0.360.